The Labute approximate surface area is 158 Å². The van der Waals surface area contributed by atoms with Crippen molar-refractivity contribution >= 4 is 33.0 Å². The van der Waals surface area contributed by atoms with Gasteiger partial charge in [-0.2, -0.15) is 0 Å². The van der Waals surface area contributed by atoms with Crippen molar-refractivity contribution in [3.63, 3.8) is 0 Å². The van der Waals surface area contributed by atoms with Crippen molar-refractivity contribution in [1.82, 2.24) is 20.5 Å². The van der Waals surface area contributed by atoms with Gasteiger partial charge in [-0.05, 0) is 35.9 Å². The lowest BCUT2D eigenvalue weighted by atomic mass is 9.93. The van der Waals surface area contributed by atoms with Gasteiger partial charge in [0.1, 0.15) is 11.7 Å². The first-order valence-electron chi connectivity index (χ1n) is 8.76. The predicted octanol–water partition coefficient (Wildman–Crippen LogP) is 5.05. The van der Waals surface area contributed by atoms with Crippen LogP contribution in [0, 0.1) is 6.20 Å². The number of fused-ring (bicyclic) bond motifs is 3. The number of nitrogens with zero attached hydrogens (tertiary/aromatic N) is 4. The molecular formula is C22H11N4O2. The molecule has 3 heterocycles. The predicted molar refractivity (Wildman–Crippen MR) is 104 cm³/mol. The maximum absolute atomic E-state index is 5.35. The molecular weight excluding hydrogens is 352 g/mol. The molecule has 0 saturated heterocycles. The molecule has 1 radical (unpaired) electrons. The third kappa shape index (κ3) is 2.15. The Morgan fingerprint density at radius 3 is 2.71 bits per heavy atom. The minimum atomic E-state index is 0.629. The highest BCUT2D eigenvalue weighted by molar-refractivity contribution is 6.05. The van der Waals surface area contributed by atoms with E-state index in [-0.39, 0.29) is 0 Å². The van der Waals surface area contributed by atoms with Crippen molar-refractivity contribution in [2.75, 3.05) is 0 Å². The maximum Gasteiger partial charge on any atom is 0.188 e. The van der Waals surface area contributed by atoms with Crippen LogP contribution in [0.2, 0.25) is 0 Å². The Morgan fingerprint density at radius 1 is 0.750 bits per heavy atom. The molecule has 28 heavy (non-hydrogen) atoms. The van der Waals surface area contributed by atoms with E-state index in [2.05, 4.69) is 27.8 Å². The molecule has 0 amide bonds. The Kier molecular flexibility index (Phi) is 3.07. The molecule has 6 aromatic rings. The van der Waals surface area contributed by atoms with Gasteiger partial charge in [0, 0.05) is 21.8 Å². The molecule has 0 N–H and O–H groups in total. The number of hydrogen-bond donors (Lipinski definition) is 0. The first-order chi connectivity index (χ1) is 13.9. The summed E-state index contributed by atoms with van der Waals surface area (Å²) < 4.78 is 10.6. The van der Waals surface area contributed by atoms with Crippen LogP contribution in [0.1, 0.15) is 0 Å². The van der Waals surface area contributed by atoms with E-state index in [1.807, 2.05) is 60.7 Å². The van der Waals surface area contributed by atoms with Gasteiger partial charge in [0.15, 0.2) is 11.2 Å². The number of benzene rings is 3. The summed E-state index contributed by atoms with van der Waals surface area (Å²) >= 11 is 0. The van der Waals surface area contributed by atoms with Gasteiger partial charge >= 0.3 is 0 Å². The number of pyridine rings is 1. The summed E-state index contributed by atoms with van der Waals surface area (Å²) in [5.74, 6) is 0. The zero-order valence-electron chi connectivity index (χ0n) is 14.5. The van der Waals surface area contributed by atoms with Crippen LogP contribution in [0.25, 0.3) is 55.4 Å². The highest BCUT2D eigenvalue weighted by Gasteiger charge is 2.19. The molecule has 3 aromatic carbocycles. The van der Waals surface area contributed by atoms with E-state index in [1.165, 1.54) is 0 Å². The quantitative estimate of drug-likeness (QED) is 0.428. The van der Waals surface area contributed by atoms with Crippen molar-refractivity contribution in [1.29, 1.82) is 0 Å². The lowest BCUT2D eigenvalue weighted by Gasteiger charge is -2.11. The van der Waals surface area contributed by atoms with E-state index in [1.54, 1.807) is 0 Å². The second-order valence-electron chi connectivity index (χ2n) is 6.47. The summed E-state index contributed by atoms with van der Waals surface area (Å²) in [7, 11) is 0. The monoisotopic (exact) mass is 363 g/mol. The molecule has 0 bridgehead atoms. The fraction of sp³-hybridized carbons (Fsp3) is 0. The van der Waals surface area contributed by atoms with E-state index in [0.29, 0.717) is 16.7 Å². The largest absolute Gasteiger partial charge is 0.356 e. The fourth-order valence-electron chi connectivity index (χ4n) is 3.61. The van der Waals surface area contributed by atoms with Crippen LogP contribution < -0.4 is 0 Å². The van der Waals surface area contributed by atoms with Gasteiger partial charge < -0.3 is 9.05 Å². The Balaban J connectivity index is 1.72. The molecule has 0 unspecified atom stereocenters. The normalized spacial score (nSPS) is 11.6. The highest BCUT2D eigenvalue weighted by Crippen LogP contribution is 2.39. The summed E-state index contributed by atoms with van der Waals surface area (Å²) in [6.45, 7) is 0. The van der Waals surface area contributed by atoms with Crippen LogP contribution in [-0.2, 0) is 0 Å². The van der Waals surface area contributed by atoms with Crippen LogP contribution in [0.5, 0.6) is 0 Å². The van der Waals surface area contributed by atoms with Crippen molar-refractivity contribution in [2.24, 2.45) is 0 Å². The second kappa shape index (κ2) is 5.72. The average Bonchev–Trinajstić information content (AvgIpc) is 3.41. The number of hydrogen-bond acceptors (Lipinski definition) is 6. The van der Waals surface area contributed by atoms with Crippen molar-refractivity contribution in [2.45, 2.75) is 0 Å². The SMILES string of the molecule is [c]1noc2ccc(-c3cccc4onnc34)c(-c3ccc4ccccc4n3)c12. The maximum atomic E-state index is 5.35. The van der Waals surface area contributed by atoms with Gasteiger partial charge in [-0.15, -0.1) is 5.10 Å². The molecule has 0 aliphatic carbocycles. The summed E-state index contributed by atoms with van der Waals surface area (Å²) in [5, 5.41) is 13.6. The van der Waals surface area contributed by atoms with E-state index < -0.39 is 0 Å². The molecule has 0 spiro atoms. The lowest BCUT2D eigenvalue weighted by Crippen LogP contribution is -1.91. The first kappa shape index (κ1) is 15.0. The Morgan fingerprint density at radius 2 is 1.71 bits per heavy atom. The molecule has 0 fully saturated rings. The van der Waals surface area contributed by atoms with Crippen LogP contribution in [-0.4, -0.2) is 20.5 Å². The zero-order chi connectivity index (χ0) is 18.5. The highest BCUT2D eigenvalue weighted by atomic mass is 16.5. The second-order valence-corrected chi connectivity index (χ2v) is 6.47. The van der Waals surface area contributed by atoms with Crippen molar-refractivity contribution in [3.8, 4) is 22.4 Å². The summed E-state index contributed by atoms with van der Waals surface area (Å²) in [6.07, 6.45) is 2.97. The Hall–Kier alpha value is -4.06. The van der Waals surface area contributed by atoms with Gasteiger partial charge in [0.25, 0.3) is 0 Å². The molecule has 0 atom stereocenters. The topological polar surface area (TPSA) is 77.8 Å². The van der Waals surface area contributed by atoms with E-state index in [4.69, 9.17) is 14.0 Å². The average molecular weight is 363 g/mol. The summed E-state index contributed by atoms with van der Waals surface area (Å²) in [5.41, 5.74) is 6.44. The van der Waals surface area contributed by atoms with Crippen molar-refractivity contribution < 1.29 is 9.05 Å². The van der Waals surface area contributed by atoms with Gasteiger partial charge in [-0.25, -0.2) is 4.98 Å². The minimum absolute atomic E-state index is 0.629. The smallest absolute Gasteiger partial charge is 0.188 e. The molecule has 6 nitrogen and oxygen atoms in total. The van der Waals surface area contributed by atoms with E-state index >= 15 is 0 Å². The fourth-order valence-corrected chi connectivity index (χ4v) is 3.61. The van der Waals surface area contributed by atoms with Gasteiger partial charge in [-0.3, -0.25) is 0 Å². The third-order valence-corrected chi connectivity index (χ3v) is 4.89. The van der Waals surface area contributed by atoms with Gasteiger partial charge in [0.2, 0.25) is 0 Å². The summed E-state index contributed by atoms with van der Waals surface area (Å²) in [4.78, 5) is 4.88. The van der Waals surface area contributed by atoms with E-state index in [0.717, 1.165) is 38.7 Å². The molecule has 0 aliphatic heterocycles. The molecule has 131 valence electrons. The molecule has 0 aliphatic rings. The lowest BCUT2D eigenvalue weighted by molar-refractivity contribution is 0.424. The number of aromatic nitrogens is 4. The van der Waals surface area contributed by atoms with Crippen LogP contribution in [0.3, 0.4) is 0 Å². The number of rotatable bonds is 2. The summed E-state index contributed by atoms with van der Waals surface area (Å²) in [6, 6.07) is 21.7. The molecule has 3 aromatic heterocycles. The van der Waals surface area contributed by atoms with Gasteiger partial charge in [0.05, 0.1) is 16.6 Å². The third-order valence-electron chi connectivity index (χ3n) is 4.89. The number of para-hydroxylation sites is 1. The first-order valence-corrected chi connectivity index (χ1v) is 8.76. The van der Waals surface area contributed by atoms with E-state index in [9.17, 15) is 0 Å². The zero-order valence-corrected chi connectivity index (χ0v) is 14.5. The van der Waals surface area contributed by atoms with Crippen LogP contribution in [0.15, 0.2) is 75.8 Å². The molecule has 6 heteroatoms. The minimum Gasteiger partial charge on any atom is -0.356 e. The molecule has 6 rings (SSSR count). The Bertz CT molecular complexity index is 1480. The van der Waals surface area contributed by atoms with Gasteiger partial charge in [-0.1, -0.05) is 41.6 Å². The van der Waals surface area contributed by atoms with Crippen molar-refractivity contribution in [3.05, 3.63) is 72.9 Å². The standard InChI is InChI=1S/C22H11N4O2/c1-2-6-17-13(4-1)8-10-18(24-17)21-14(9-11-19-16(21)12-23-27-19)15-5-3-7-20-22(15)25-26-28-20/h1-11H. The van der Waals surface area contributed by atoms with Crippen LogP contribution >= 0.6 is 0 Å². The van der Waals surface area contributed by atoms with Crippen LogP contribution in [0.4, 0.5) is 0 Å². The molecule has 0 saturated carbocycles.